The summed E-state index contributed by atoms with van der Waals surface area (Å²) in [7, 11) is 0. The number of amides is 1. The smallest absolute Gasteiger partial charge is 0.249 e. The quantitative estimate of drug-likeness (QED) is 0.899. The van der Waals surface area contributed by atoms with Crippen LogP contribution in [0.25, 0.3) is 10.1 Å². The lowest BCUT2D eigenvalue weighted by Gasteiger charge is -2.16. The molecule has 1 aromatic heterocycles. The van der Waals surface area contributed by atoms with Crippen LogP contribution in [0, 0.1) is 0 Å². The van der Waals surface area contributed by atoms with Crippen LogP contribution in [0.4, 0.5) is 0 Å². The van der Waals surface area contributed by atoms with Crippen LogP contribution < -0.4 is 11.1 Å². The first-order valence-electron chi connectivity index (χ1n) is 7.31. The summed E-state index contributed by atoms with van der Waals surface area (Å²) in [6.45, 7) is 2.49. The second-order valence-electron chi connectivity index (χ2n) is 5.48. The van der Waals surface area contributed by atoms with Crippen LogP contribution in [0.1, 0.15) is 30.7 Å². The fraction of sp³-hybridized carbons (Fsp3) is 0.438. The summed E-state index contributed by atoms with van der Waals surface area (Å²) in [5.41, 5.74) is 5.58. The molecule has 1 unspecified atom stereocenters. The van der Waals surface area contributed by atoms with Gasteiger partial charge in [-0.05, 0) is 37.3 Å². The number of nitrogens with two attached hydrogens (primary N) is 1. The van der Waals surface area contributed by atoms with Crippen LogP contribution in [-0.4, -0.2) is 24.7 Å². The lowest BCUT2D eigenvalue weighted by atomic mass is 10.1. The molecule has 0 aliphatic carbocycles. The summed E-state index contributed by atoms with van der Waals surface area (Å²) in [5.74, 6) is -0.0316. The van der Waals surface area contributed by atoms with Crippen LogP contribution in [0.2, 0.25) is 0 Å². The highest BCUT2D eigenvalue weighted by Gasteiger charge is 2.30. The number of hydrogen-bond acceptors (Lipinski definition) is 4. The number of ether oxygens (including phenoxy) is 1. The lowest BCUT2D eigenvalue weighted by molar-refractivity contribution is -0.132. The van der Waals surface area contributed by atoms with Crippen LogP contribution >= 0.6 is 23.7 Å². The van der Waals surface area contributed by atoms with Crippen LogP contribution in [0.3, 0.4) is 0 Å². The fourth-order valence-electron chi connectivity index (χ4n) is 2.67. The van der Waals surface area contributed by atoms with Gasteiger partial charge in [0.05, 0.1) is 12.1 Å². The molecule has 3 rings (SSSR count). The zero-order valence-corrected chi connectivity index (χ0v) is 14.1. The van der Waals surface area contributed by atoms with Gasteiger partial charge >= 0.3 is 0 Å². The molecule has 1 fully saturated rings. The van der Waals surface area contributed by atoms with E-state index >= 15 is 0 Å². The highest BCUT2D eigenvalue weighted by Crippen LogP contribution is 2.30. The summed E-state index contributed by atoms with van der Waals surface area (Å²) in [4.78, 5) is 13.4. The van der Waals surface area contributed by atoms with Crippen LogP contribution in [0.5, 0.6) is 0 Å². The van der Waals surface area contributed by atoms with E-state index in [-0.39, 0.29) is 36.6 Å². The standard InChI is InChI=1S/C16H20N2O2S.ClH/c1-10(15-8-11-4-2-3-5-14(11)21-15)18-16(19)13-7-6-12(9-17)20-13;/h2-5,8,10,12-13H,6-7,9,17H2,1H3,(H,18,19);1H/t10?,12-,13+;/m1./s1. The van der Waals surface area contributed by atoms with E-state index in [9.17, 15) is 4.79 Å². The number of halogens is 1. The summed E-state index contributed by atoms with van der Waals surface area (Å²) >= 11 is 1.72. The van der Waals surface area contributed by atoms with E-state index in [0.717, 1.165) is 17.7 Å². The van der Waals surface area contributed by atoms with Gasteiger partial charge in [0.25, 0.3) is 0 Å². The number of carbonyl (C=O) groups excluding carboxylic acids is 1. The Morgan fingerprint density at radius 2 is 2.23 bits per heavy atom. The van der Waals surface area contributed by atoms with E-state index < -0.39 is 0 Å². The Balaban J connectivity index is 0.00000176. The first-order chi connectivity index (χ1) is 10.2. The van der Waals surface area contributed by atoms with E-state index in [1.807, 2.05) is 19.1 Å². The van der Waals surface area contributed by atoms with Crippen LogP contribution in [-0.2, 0) is 9.53 Å². The highest BCUT2D eigenvalue weighted by molar-refractivity contribution is 7.19. The van der Waals surface area contributed by atoms with Crippen molar-refractivity contribution in [2.24, 2.45) is 5.73 Å². The molecule has 4 nitrogen and oxygen atoms in total. The predicted molar refractivity (Wildman–Crippen MR) is 92.6 cm³/mol. The normalized spacial score (nSPS) is 22.3. The zero-order valence-electron chi connectivity index (χ0n) is 12.5. The maximum absolute atomic E-state index is 12.2. The van der Waals surface area contributed by atoms with Gasteiger partial charge in [-0.3, -0.25) is 4.79 Å². The molecule has 2 heterocycles. The highest BCUT2D eigenvalue weighted by atomic mass is 35.5. The molecule has 3 atom stereocenters. The molecule has 6 heteroatoms. The van der Waals surface area contributed by atoms with Crippen molar-refractivity contribution in [2.45, 2.75) is 38.0 Å². The number of benzene rings is 1. The molecule has 120 valence electrons. The third-order valence-electron chi connectivity index (χ3n) is 3.89. The third-order valence-corrected chi connectivity index (χ3v) is 5.19. The van der Waals surface area contributed by atoms with E-state index in [1.54, 1.807) is 11.3 Å². The first-order valence-corrected chi connectivity index (χ1v) is 8.13. The van der Waals surface area contributed by atoms with E-state index in [1.165, 1.54) is 10.1 Å². The molecule has 0 bridgehead atoms. The Hall–Kier alpha value is -1.14. The third kappa shape index (κ3) is 3.60. The summed E-state index contributed by atoms with van der Waals surface area (Å²) < 4.78 is 6.88. The Kier molecular flexibility index (Phi) is 5.81. The molecule has 3 N–H and O–H groups in total. The summed E-state index contributed by atoms with van der Waals surface area (Å²) in [6, 6.07) is 10.4. The molecule has 0 saturated carbocycles. The second kappa shape index (κ2) is 7.42. The number of thiophene rings is 1. The van der Waals surface area contributed by atoms with Gasteiger partial charge in [0, 0.05) is 16.1 Å². The fourth-order valence-corrected chi connectivity index (χ4v) is 3.73. The average molecular weight is 341 g/mol. The molecule has 22 heavy (non-hydrogen) atoms. The molecule has 1 saturated heterocycles. The minimum absolute atomic E-state index is 0. The lowest BCUT2D eigenvalue weighted by Crippen LogP contribution is -2.36. The van der Waals surface area contributed by atoms with Crippen molar-refractivity contribution in [3.63, 3.8) is 0 Å². The monoisotopic (exact) mass is 340 g/mol. The van der Waals surface area contributed by atoms with Crippen molar-refractivity contribution in [3.05, 3.63) is 35.2 Å². The maximum atomic E-state index is 12.2. The van der Waals surface area contributed by atoms with Gasteiger partial charge < -0.3 is 15.8 Å². The van der Waals surface area contributed by atoms with Crippen molar-refractivity contribution in [3.8, 4) is 0 Å². The van der Waals surface area contributed by atoms with Crippen LogP contribution in [0.15, 0.2) is 30.3 Å². The SMILES string of the molecule is CC(NC(=O)[C@@H]1CC[C@H](CN)O1)c1cc2ccccc2s1.Cl. The Labute approximate surface area is 140 Å². The zero-order chi connectivity index (χ0) is 14.8. The largest absolute Gasteiger partial charge is 0.364 e. The minimum Gasteiger partial charge on any atom is -0.364 e. The van der Waals surface area contributed by atoms with Gasteiger partial charge in [0.15, 0.2) is 0 Å². The van der Waals surface area contributed by atoms with E-state index in [0.29, 0.717) is 6.54 Å². The molecule has 1 aliphatic heterocycles. The van der Waals surface area contributed by atoms with Crippen molar-refractivity contribution >= 4 is 39.7 Å². The molecular formula is C16H21ClN2O2S. The van der Waals surface area contributed by atoms with E-state index in [4.69, 9.17) is 10.5 Å². The van der Waals surface area contributed by atoms with Gasteiger partial charge in [-0.2, -0.15) is 0 Å². The minimum atomic E-state index is -0.352. The van der Waals surface area contributed by atoms with Gasteiger partial charge in [-0.1, -0.05) is 18.2 Å². The van der Waals surface area contributed by atoms with Crippen molar-refractivity contribution in [1.82, 2.24) is 5.32 Å². The van der Waals surface area contributed by atoms with Crippen molar-refractivity contribution in [1.29, 1.82) is 0 Å². The van der Waals surface area contributed by atoms with Gasteiger partial charge in [0.2, 0.25) is 5.91 Å². The summed E-state index contributed by atoms with van der Waals surface area (Å²) in [6.07, 6.45) is 1.30. The topological polar surface area (TPSA) is 64.4 Å². The Bertz CT molecular complexity index is 613. The van der Waals surface area contributed by atoms with Gasteiger partial charge in [-0.25, -0.2) is 0 Å². The van der Waals surface area contributed by atoms with Crippen molar-refractivity contribution in [2.75, 3.05) is 6.54 Å². The molecule has 1 amide bonds. The van der Waals surface area contributed by atoms with Gasteiger partial charge in [-0.15, -0.1) is 23.7 Å². The molecule has 1 aliphatic rings. The predicted octanol–water partition coefficient (Wildman–Crippen LogP) is 3.01. The average Bonchev–Trinajstić information content (AvgIpc) is 3.13. The van der Waals surface area contributed by atoms with Gasteiger partial charge in [0.1, 0.15) is 6.10 Å². The molecular weight excluding hydrogens is 320 g/mol. The number of carbonyl (C=O) groups is 1. The molecule has 0 spiro atoms. The molecule has 2 aromatic rings. The number of rotatable bonds is 4. The van der Waals surface area contributed by atoms with Crippen molar-refractivity contribution < 1.29 is 9.53 Å². The first kappa shape index (κ1) is 17.2. The maximum Gasteiger partial charge on any atom is 0.249 e. The number of fused-ring (bicyclic) bond motifs is 1. The molecule has 1 aromatic carbocycles. The second-order valence-corrected chi connectivity index (χ2v) is 6.59. The number of hydrogen-bond donors (Lipinski definition) is 2. The molecule has 0 radical (unpaired) electrons. The van der Waals surface area contributed by atoms with E-state index in [2.05, 4.69) is 23.5 Å². The Morgan fingerprint density at radius 3 is 2.91 bits per heavy atom. The number of nitrogens with one attached hydrogen (secondary N) is 1. The Morgan fingerprint density at radius 1 is 1.45 bits per heavy atom. The summed E-state index contributed by atoms with van der Waals surface area (Å²) in [5, 5.41) is 4.27.